The van der Waals surface area contributed by atoms with Gasteiger partial charge in [0.25, 0.3) is 5.91 Å². The number of amides is 1. The van der Waals surface area contributed by atoms with Gasteiger partial charge >= 0.3 is 0 Å². The molecule has 0 radical (unpaired) electrons. The Bertz CT molecular complexity index is 690. The van der Waals surface area contributed by atoms with Crippen LogP contribution in [0.2, 0.25) is 0 Å². The van der Waals surface area contributed by atoms with Crippen molar-refractivity contribution >= 4 is 17.4 Å². The molecule has 0 saturated heterocycles. The highest BCUT2D eigenvalue weighted by atomic mass is 16.2. The molecule has 1 atom stereocenters. The van der Waals surface area contributed by atoms with Crippen LogP contribution in [0.25, 0.3) is 0 Å². The molecule has 1 amide bonds. The minimum absolute atomic E-state index is 0.0336. The number of benzene rings is 1. The van der Waals surface area contributed by atoms with Gasteiger partial charge in [-0.1, -0.05) is 70.4 Å². The van der Waals surface area contributed by atoms with Crippen molar-refractivity contribution in [2.75, 3.05) is 6.54 Å². The number of aliphatic imine (C=N–C) groups is 1. The molecule has 1 N–H and O–H groups in total. The Morgan fingerprint density at radius 2 is 1.71 bits per heavy atom. The van der Waals surface area contributed by atoms with Crippen molar-refractivity contribution in [1.82, 2.24) is 5.32 Å². The minimum Gasteiger partial charge on any atom is -0.344 e. The molecule has 0 saturated carbocycles. The SMILES string of the molecule is CCCCCC/C(=C(/N=C(C)c1ccccc1)C(=O)NCC(C)=O)C(C)CC. The molecule has 28 heavy (non-hydrogen) atoms. The molecule has 154 valence electrons. The van der Waals surface area contributed by atoms with Gasteiger partial charge in [0, 0.05) is 5.71 Å². The first-order valence-electron chi connectivity index (χ1n) is 10.5. The van der Waals surface area contributed by atoms with Gasteiger partial charge in [0.2, 0.25) is 0 Å². The van der Waals surface area contributed by atoms with E-state index in [4.69, 9.17) is 4.99 Å². The second-order valence-corrected chi connectivity index (χ2v) is 7.44. The minimum atomic E-state index is -0.253. The van der Waals surface area contributed by atoms with E-state index >= 15 is 0 Å². The van der Waals surface area contributed by atoms with Crippen LogP contribution >= 0.6 is 0 Å². The molecular weight excluding hydrogens is 348 g/mol. The lowest BCUT2D eigenvalue weighted by atomic mass is 9.91. The van der Waals surface area contributed by atoms with E-state index in [1.807, 2.05) is 37.3 Å². The van der Waals surface area contributed by atoms with Gasteiger partial charge in [0.15, 0.2) is 0 Å². The van der Waals surface area contributed by atoms with Crippen molar-refractivity contribution < 1.29 is 9.59 Å². The van der Waals surface area contributed by atoms with E-state index < -0.39 is 0 Å². The largest absolute Gasteiger partial charge is 0.344 e. The molecule has 0 aliphatic heterocycles. The third-order valence-corrected chi connectivity index (χ3v) is 5.00. The van der Waals surface area contributed by atoms with E-state index in [2.05, 4.69) is 26.1 Å². The van der Waals surface area contributed by atoms with Crippen molar-refractivity contribution in [1.29, 1.82) is 0 Å². The molecule has 0 heterocycles. The Hall–Kier alpha value is -2.23. The van der Waals surface area contributed by atoms with Gasteiger partial charge in [-0.25, -0.2) is 4.99 Å². The number of hydrogen-bond acceptors (Lipinski definition) is 3. The summed E-state index contributed by atoms with van der Waals surface area (Å²) in [5.74, 6) is -0.0483. The maximum atomic E-state index is 12.9. The van der Waals surface area contributed by atoms with Crippen LogP contribution in [0.4, 0.5) is 0 Å². The predicted molar refractivity (Wildman–Crippen MR) is 118 cm³/mol. The lowest BCUT2D eigenvalue weighted by Gasteiger charge is -2.18. The van der Waals surface area contributed by atoms with Gasteiger partial charge in [-0.05, 0) is 50.2 Å². The van der Waals surface area contributed by atoms with Gasteiger partial charge in [-0.15, -0.1) is 0 Å². The van der Waals surface area contributed by atoms with Crippen molar-refractivity contribution in [2.45, 2.75) is 73.1 Å². The molecule has 0 spiro atoms. The third-order valence-electron chi connectivity index (χ3n) is 5.00. The summed E-state index contributed by atoms with van der Waals surface area (Å²) in [6.07, 6.45) is 6.40. The molecule has 0 aliphatic carbocycles. The summed E-state index contributed by atoms with van der Waals surface area (Å²) in [5.41, 5.74) is 3.38. The van der Waals surface area contributed by atoms with Crippen molar-refractivity contribution in [3.05, 3.63) is 47.2 Å². The third kappa shape index (κ3) is 8.20. The number of carbonyl (C=O) groups is 2. The van der Waals surface area contributed by atoms with Crippen LogP contribution in [0.1, 0.15) is 78.7 Å². The van der Waals surface area contributed by atoms with E-state index in [0.717, 1.165) is 42.5 Å². The quantitative estimate of drug-likeness (QED) is 0.295. The molecule has 0 aromatic heterocycles. The molecule has 0 bridgehead atoms. The lowest BCUT2D eigenvalue weighted by Crippen LogP contribution is -2.30. The van der Waals surface area contributed by atoms with Crippen LogP contribution in [0.5, 0.6) is 0 Å². The topological polar surface area (TPSA) is 58.5 Å². The summed E-state index contributed by atoms with van der Waals surface area (Å²) < 4.78 is 0. The molecule has 0 aliphatic rings. The number of hydrogen-bond donors (Lipinski definition) is 1. The van der Waals surface area contributed by atoms with Crippen LogP contribution in [0.15, 0.2) is 46.6 Å². The van der Waals surface area contributed by atoms with Crippen LogP contribution in [0, 0.1) is 5.92 Å². The maximum absolute atomic E-state index is 12.9. The number of ketones is 1. The van der Waals surface area contributed by atoms with Crippen LogP contribution in [0.3, 0.4) is 0 Å². The number of nitrogens with zero attached hydrogens (tertiary/aromatic N) is 1. The summed E-state index contributed by atoms with van der Waals surface area (Å²) in [4.78, 5) is 29.1. The monoisotopic (exact) mass is 384 g/mol. The smallest absolute Gasteiger partial charge is 0.270 e. The van der Waals surface area contributed by atoms with Gasteiger partial charge in [-0.2, -0.15) is 0 Å². The fourth-order valence-corrected chi connectivity index (χ4v) is 3.06. The first kappa shape index (κ1) is 23.8. The summed E-state index contributed by atoms with van der Waals surface area (Å²) in [7, 11) is 0. The standard InChI is InChI=1S/C24H36N2O2/c1-6-8-9-13-16-22(18(3)7-2)23(24(28)25-17-19(4)27)26-20(5)21-14-11-10-12-15-21/h10-12,14-15,18H,6-9,13,16-17H2,1-5H3,(H,25,28)/b23-22-,26-20?. The average molecular weight is 385 g/mol. The molecule has 1 rings (SSSR count). The maximum Gasteiger partial charge on any atom is 0.270 e. The van der Waals surface area contributed by atoms with E-state index in [9.17, 15) is 9.59 Å². The normalized spacial score (nSPS) is 13.7. The summed E-state index contributed by atoms with van der Waals surface area (Å²) in [5, 5.41) is 2.75. The van der Waals surface area contributed by atoms with E-state index in [0.29, 0.717) is 5.70 Å². The number of carbonyl (C=O) groups excluding carboxylic acids is 2. The predicted octanol–water partition coefficient (Wildman–Crippen LogP) is 5.47. The zero-order valence-corrected chi connectivity index (χ0v) is 18.2. The van der Waals surface area contributed by atoms with Gasteiger partial charge in [-0.3, -0.25) is 9.59 Å². The number of nitrogens with one attached hydrogen (secondary N) is 1. The summed E-state index contributed by atoms with van der Waals surface area (Å²) in [6, 6.07) is 9.88. The fourth-order valence-electron chi connectivity index (χ4n) is 3.06. The Morgan fingerprint density at radius 3 is 2.29 bits per heavy atom. The van der Waals surface area contributed by atoms with Crippen molar-refractivity contribution in [3.63, 3.8) is 0 Å². The highest BCUT2D eigenvalue weighted by molar-refractivity contribution is 6.04. The number of rotatable bonds is 12. The first-order chi connectivity index (χ1) is 13.4. The molecule has 0 fully saturated rings. The highest BCUT2D eigenvalue weighted by Crippen LogP contribution is 2.26. The number of allylic oxidation sites excluding steroid dienone is 1. The van der Waals surface area contributed by atoms with Gasteiger partial charge in [0.1, 0.15) is 11.5 Å². The Balaban J connectivity index is 3.30. The van der Waals surface area contributed by atoms with E-state index in [1.54, 1.807) is 0 Å². The van der Waals surface area contributed by atoms with Crippen LogP contribution in [-0.4, -0.2) is 23.9 Å². The molecule has 4 heteroatoms. The fraction of sp³-hybridized carbons (Fsp3) is 0.542. The first-order valence-corrected chi connectivity index (χ1v) is 10.5. The molecule has 1 unspecified atom stereocenters. The summed E-state index contributed by atoms with van der Waals surface area (Å²) in [6.45, 7) is 9.92. The second-order valence-electron chi connectivity index (χ2n) is 7.44. The van der Waals surface area contributed by atoms with Crippen LogP contribution in [-0.2, 0) is 9.59 Å². The Labute approximate surface area is 170 Å². The molecule has 1 aromatic rings. The van der Waals surface area contributed by atoms with E-state index in [1.165, 1.54) is 19.8 Å². The van der Waals surface area contributed by atoms with E-state index in [-0.39, 0.29) is 24.2 Å². The molecule has 4 nitrogen and oxygen atoms in total. The van der Waals surface area contributed by atoms with Gasteiger partial charge in [0.05, 0.1) is 6.54 Å². The van der Waals surface area contributed by atoms with Gasteiger partial charge < -0.3 is 5.32 Å². The number of Topliss-reactive ketones (excluding diaryl/α,β-unsaturated/α-hetero) is 1. The van der Waals surface area contributed by atoms with Crippen LogP contribution < -0.4 is 5.32 Å². The lowest BCUT2D eigenvalue weighted by molar-refractivity contribution is -0.122. The highest BCUT2D eigenvalue weighted by Gasteiger charge is 2.19. The Morgan fingerprint density at radius 1 is 1.04 bits per heavy atom. The van der Waals surface area contributed by atoms with Crippen molar-refractivity contribution in [2.24, 2.45) is 10.9 Å². The van der Waals surface area contributed by atoms with Crippen molar-refractivity contribution in [3.8, 4) is 0 Å². The summed E-state index contributed by atoms with van der Waals surface area (Å²) >= 11 is 0. The molecular formula is C24H36N2O2. The number of unbranched alkanes of at least 4 members (excludes halogenated alkanes) is 3. The zero-order chi connectivity index (χ0) is 20.9. The second kappa shape index (κ2) is 13.0. The Kier molecular flexibility index (Phi) is 11.1. The zero-order valence-electron chi connectivity index (χ0n) is 18.2. The average Bonchev–Trinajstić information content (AvgIpc) is 2.70. The molecule has 1 aromatic carbocycles.